The first-order chi connectivity index (χ1) is 49.7. The Morgan fingerprint density at radius 1 is 0.275 bits per heavy atom. The van der Waals surface area contributed by atoms with Crippen molar-refractivity contribution < 1.29 is 80.2 Å². The molecule has 3 unspecified atom stereocenters. The van der Waals surface area contributed by atoms with Gasteiger partial charge < -0.3 is 33.8 Å². The fourth-order valence-electron chi connectivity index (χ4n) is 11.3. The van der Waals surface area contributed by atoms with Crippen LogP contribution < -0.4 is 0 Å². The van der Waals surface area contributed by atoms with E-state index in [1.807, 2.05) is 0 Å². The Morgan fingerprint density at radius 2 is 0.480 bits per heavy atom. The molecule has 3 N–H and O–H groups in total. The Hall–Kier alpha value is -3.50. The predicted molar refractivity (Wildman–Crippen MR) is 418 cm³/mol. The minimum Gasteiger partial charge on any atom is -0.462 e. The molecule has 0 saturated heterocycles. The van der Waals surface area contributed by atoms with Gasteiger partial charge in [0, 0.05) is 25.7 Å². The van der Waals surface area contributed by atoms with Gasteiger partial charge in [-0.15, -0.1) is 0 Å². The monoisotopic (exact) mass is 1480 g/mol. The summed E-state index contributed by atoms with van der Waals surface area (Å²) in [5.74, 6) is -2.19. The molecule has 0 aromatic rings. The molecule has 0 fully saturated rings. The molecule has 0 heterocycles. The van der Waals surface area contributed by atoms with Crippen LogP contribution in [0.1, 0.15) is 374 Å². The van der Waals surface area contributed by atoms with Crippen molar-refractivity contribution in [2.45, 2.75) is 393 Å². The largest absolute Gasteiger partial charge is 0.472 e. The summed E-state index contributed by atoms with van der Waals surface area (Å²) in [6.45, 7) is 4.84. The van der Waals surface area contributed by atoms with Gasteiger partial charge in [0.1, 0.15) is 19.3 Å². The average molecular weight is 1480 g/mol. The number of unbranched alkanes of at least 4 members (excludes halogenated alkanes) is 40. The highest BCUT2D eigenvalue weighted by atomic mass is 31.2. The van der Waals surface area contributed by atoms with E-state index in [9.17, 15) is 43.2 Å². The van der Waals surface area contributed by atoms with Gasteiger partial charge in [0.25, 0.3) is 0 Å². The van der Waals surface area contributed by atoms with E-state index in [-0.39, 0.29) is 25.7 Å². The fourth-order valence-corrected chi connectivity index (χ4v) is 12.9. The number of carbonyl (C=O) groups is 4. The number of hydrogen-bond donors (Lipinski definition) is 3. The highest BCUT2D eigenvalue weighted by molar-refractivity contribution is 7.47. The van der Waals surface area contributed by atoms with E-state index in [0.717, 1.165) is 161 Å². The van der Waals surface area contributed by atoms with E-state index >= 15 is 0 Å². The van der Waals surface area contributed by atoms with E-state index < -0.39 is 97.5 Å². The maximum atomic E-state index is 13.1. The second-order valence-electron chi connectivity index (χ2n) is 27.7. The molecule has 594 valence electrons. The van der Waals surface area contributed by atoms with Crippen LogP contribution in [0.4, 0.5) is 0 Å². The molecule has 0 aromatic carbocycles. The number of aliphatic hydroxyl groups is 1. The minimum atomic E-state index is -4.98. The Balaban J connectivity index is 5.36. The van der Waals surface area contributed by atoms with Gasteiger partial charge in [-0.05, 0) is 141 Å². The maximum absolute atomic E-state index is 13.1. The highest BCUT2D eigenvalue weighted by Gasteiger charge is 2.30. The van der Waals surface area contributed by atoms with Crippen molar-refractivity contribution in [2.75, 3.05) is 39.6 Å². The van der Waals surface area contributed by atoms with Gasteiger partial charge in [-0.25, -0.2) is 9.13 Å². The molecule has 0 saturated carbocycles. The van der Waals surface area contributed by atoms with Crippen molar-refractivity contribution in [3.63, 3.8) is 0 Å². The zero-order valence-corrected chi connectivity index (χ0v) is 66.8. The number of carbonyl (C=O) groups excluding carboxylic acids is 4. The van der Waals surface area contributed by atoms with Crippen molar-refractivity contribution in [3.05, 3.63) is 72.9 Å². The average Bonchev–Trinajstić information content (AvgIpc) is 0.926. The van der Waals surface area contributed by atoms with Crippen molar-refractivity contribution in [3.8, 4) is 0 Å². The van der Waals surface area contributed by atoms with Crippen molar-refractivity contribution in [1.82, 2.24) is 0 Å². The van der Waals surface area contributed by atoms with Crippen LogP contribution in [-0.2, 0) is 65.4 Å². The lowest BCUT2D eigenvalue weighted by Gasteiger charge is -2.21. The summed E-state index contributed by atoms with van der Waals surface area (Å²) >= 11 is 0. The van der Waals surface area contributed by atoms with Gasteiger partial charge in [-0.2, -0.15) is 0 Å². The third-order valence-electron chi connectivity index (χ3n) is 17.6. The smallest absolute Gasteiger partial charge is 0.462 e. The van der Waals surface area contributed by atoms with Crippen LogP contribution in [0.25, 0.3) is 0 Å². The van der Waals surface area contributed by atoms with E-state index in [4.69, 9.17) is 37.0 Å². The lowest BCUT2D eigenvalue weighted by Crippen LogP contribution is -2.30. The summed E-state index contributed by atoms with van der Waals surface area (Å²) in [6.07, 6.45) is 77.2. The first kappa shape index (κ1) is 98.5. The molecule has 0 spiro atoms. The Bertz CT molecular complexity index is 2210. The fraction of sp³-hybridized carbons (Fsp3) is 0.807. The third kappa shape index (κ3) is 74.8. The number of esters is 4. The van der Waals surface area contributed by atoms with Crippen LogP contribution in [-0.4, -0.2) is 96.7 Å². The Kier molecular flexibility index (Phi) is 73.1. The van der Waals surface area contributed by atoms with Crippen LogP contribution in [0.15, 0.2) is 72.9 Å². The third-order valence-corrected chi connectivity index (χ3v) is 19.5. The molecular weight excluding hydrogens is 1330 g/mol. The number of ether oxygens (including phenoxy) is 4. The summed E-state index contributed by atoms with van der Waals surface area (Å²) in [5, 5.41) is 10.6. The lowest BCUT2D eigenvalue weighted by atomic mass is 10.1. The number of allylic oxidation sites excluding steroid dienone is 12. The molecule has 0 radical (unpaired) electrons. The van der Waals surface area contributed by atoms with Crippen LogP contribution in [0.5, 0.6) is 0 Å². The number of aliphatic hydroxyl groups excluding tert-OH is 1. The van der Waals surface area contributed by atoms with Gasteiger partial charge in [0.15, 0.2) is 12.2 Å². The van der Waals surface area contributed by atoms with Gasteiger partial charge in [-0.3, -0.25) is 37.3 Å². The summed E-state index contributed by atoms with van der Waals surface area (Å²) in [5.41, 5.74) is 0. The summed E-state index contributed by atoms with van der Waals surface area (Å²) in [4.78, 5) is 73.1. The molecule has 5 atom stereocenters. The topological polar surface area (TPSA) is 237 Å². The zero-order chi connectivity index (χ0) is 74.6. The zero-order valence-electron chi connectivity index (χ0n) is 65.0. The summed E-state index contributed by atoms with van der Waals surface area (Å²) in [7, 11) is -9.96. The van der Waals surface area contributed by atoms with Crippen molar-refractivity contribution >= 4 is 39.5 Å². The second kappa shape index (κ2) is 75.7. The first-order valence-electron chi connectivity index (χ1n) is 41.2. The SMILES string of the molecule is CCCCC/C=C\C/C=C\CCCCCCCC(=O)OC[C@H](COP(=O)(O)OCC(O)COP(=O)(O)OC[C@@H](COC(=O)CCCCCCCCC/C=C\CCCCCCCC)OC(=O)CCCCCCC/C=C\C/C=C\CCCCC)OC(=O)CCCCCCC/C=C\CCCCCCCC. The highest BCUT2D eigenvalue weighted by Crippen LogP contribution is 2.45. The summed E-state index contributed by atoms with van der Waals surface area (Å²) < 4.78 is 68.7. The second-order valence-corrected chi connectivity index (χ2v) is 30.6. The number of phosphoric ester groups is 2. The van der Waals surface area contributed by atoms with E-state index in [2.05, 4.69) is 101 Å². The molecule has 102 heavy (non-hydrogen) atoms. The van der Waals surface area contributed by atoms with E-state index in [0.29, 0.717) is 25.7 Å². The molecular formula is C83H150O17P2. The van der Waals surface area contributed by atoms with Gasteiger partial charge in [-0.1, -0.05) is 280 Å². The normalized spacial score (nSPS) is 14.2. The van der Waals surface area contributed by atoms with Crippen LogP contribution in [0.2, 0.25) is 0 Å². The van der Waals surface area contributed by atoms with Crippen molar-refractivity contribution in [1.29, 1.82) is 0 Å². The van der Waals surface area contributed by atoms with Gasteiger partial charge in [0.2, 0.25) is 0 Å². The maximum Gasteiger partial charge on any atom is 0.472 e. The minimum absolute atomic E-state index is 0.0808. The summed E-state index contributed by atoms with van der Waals surface area (Å²) in [6, 6.07) is 0. The van der Waals surface area contributed by atoms with Crippen LogP contribution in [0.3, 0.4) is 0 Å². The van der Waals surface area contributed by atoms with Crippen molar-refractivity contribution in [2.24, 2.45) is 0 Å². The Morgan fingerprint density at radius 3 is 0.755 bits per heavy atom. The molecule has 0 aliphatic carbocycles. The van der Waals surface area contributed by atoms with Crippen LogP contribution >= 0.6 is 15.6 Å². The predicted octanol–water partition coefficient (Wildman–Crippen LogP) is 24.0. The standard InChI is InChI=1S/C83H150O17P2/c1-5-9-13-17-21-25-29-33-37-38-42-44-48-52-56-60-64-68-81(86)94-74-79(100-83(88)70-66-62-58-54-50-46-41-36-32-28-24-20-16-12-8-4)76-98-102(91,92)96-72-77(84)71-95-101(89,90)97-75-78(99-82(87)69-65-61-57-53-49-45-40-35-31-27-23-19-15-11-7-3)73-93-80(85)67-63-59-55-51-47-43-39-34-30-26-22-18-14-10-6-2/h22,24,26,28,33-37,39-41,77-79,84H,5-21,23,25,27,29-32,38,42-76H2,1-4H3,(H,89,90)(H,91,92)/b26-22-,28-24-,37-33-,39-34-,40-35-,41-36-/t77?,78-,79-/m1/s1. The number of phosphoric acid groups is 2. The first-order valence-corrected chi connectivity index (χ1v) is 44.2. The number of hydrogen-bond acceptors (Lipinski definition) is 15. The quantitative estimate of drug-likeness (QED) is 0.0169. The molecule has 19 heteroatoms. The Labute approximate surface area is 622 Å². The molecule has 0 bridgehead atoms. The molecule has 0 amide bonds. The van der Waals surface area contributed by atoms with Gasteiger partial charge >= 0.3 is 39.5 Å². The molecule has 17 nitrogen and oxygen atoms in total. The number of rotatable bonds is 78. The van der Waals surface area contributed by atoms with E-state index in [1.165, 1.54) is 135 Å². The van der Waals surface area contributed by atoms with Gasteiger partial charge in [0.05, 0.1) is 26.4 Å². The molecule has 0 aliphatic heterocycles. The molecule has 0 aromatic heterocycles. The lowest BCUT2D eigenvalue weighted by molar-refractivity contribution is -0.161. The molecule has 0 rings (SSSR count). The molecule has 0 aliphatic rings. The van der Waals surface area contributed by atoms with Crippen LogP contribution in [0, 0.1) is 0 Å². The van der Waals surface area contributed by atoms with E-state index in [1.54, 1.807) is 0 Å².